The van der Waals surface area contributed by atoms with Crippen LogP contribution in [0.4, 0.5) is 0 Å². The van der Waals surface area contributed by atoms with Crippen LogP contribution in [0.5, 0.6) is 0 Å². The normalized spacial score (nSPS) is 20.3. The molecule has 40 valence electrons. The molecule has 0 unspecified atom stereocenters. The molecule has 0 saturated heterocycles. The standard InChI is InChI=1S/C4H7NS2/c1-5-2-4(6)7-3-5/h2,6H,3H2,1H3. The van der Waals surface area contributed by atoms with Crippen molar-refractivity contribution in [1.29, 1.82) is 0 Å². The minimum Gasteiger partial charge on any atom is -0.369 e. The van der Waals surface area contributed by atoms with Gasteiger partial charge < -0.3 is 4.90 Å². The van der Waals surface area contributed by atoms with Crippen LogP contribution < -0.4 is 0 Å². The molecule has 0 spiro atoms. The first-order valence-electron chi connectivity index (χ1n) is 2.03. The third-order valence-electron chi connectivity index (χ3n) is 0.747. The van der Waals surface area contributed by atoms with Crippen molar-refractivity contribution in [3.63, 3.8) is 0 Å². The Bertz CT molecular complexity index is 99.9. The summed E-state index contributed by atoms with van der Waals surface area (Å²) in [4.78, 5) is 2.10. The van der Waals surface area contributed by atoms with E-state index >= 15 is 0 Å². The smallest absolute Gasteiger partial charge is 0.0683 e. The molecule has 0 bridgehead atoms. The van der Waals surface area contributed by atoms with Crippen molar-refractivity contribution in [2.45, 2.75) is 0 Å². The summed E-state index contributed by atoms with van der Waals surface area (Å²) in [5, 5.41) is 0. The van der Waals surface area contributed by atoms with Crippen molar-refractivity contribution in [3.8, 4) is 0 Å². The Morgan fingerprint density at radius 2 is 2.71 bits per heavy atom. The Morgan fingerprint density at radius 1 is 2.00 bits per heavy atom. The second-order valence-corrected chi connectivity index (χ2v) is 3.27. The largest absolute Gasteiger partial charge is 0.369 e. The van der Waals surface area contributed by atoms with Crippen LogP contribution in [0.1, 0.15) is 0 Å². The molecule has 0 aromatic carbocycles. The fourth-order valence-electron chi connectivity index (χ4n) is 0.431. The highest BCUT2D eigenvalue weighted by Crippen LogP contribution is 2.26. The van der Waals surface area contributed by atoms with Crippen molar-refractivity contribution >= 4 is 24.4 Å². The Labute approximate surface area is 53.2 Å². The molecule has 0 amide bonds. The van der Waals surface area contributed by atoms with E-state index in [4.69, 9.17) is 0 Å². The summed E-state index contributed by atoms with van der Waals surface area (Å²) in [5.74, 6) is 1.05. The molecule has 3 heteroatoms. The van der Waals surface area contributed by atoms with Crippen molar-refractivity contribution in [3.05, 3.63) is 10.4 Å². The van der Waals surface area contributed by atoms with Crippen molar-refractivity contribution in [2.75, 3.05) is 12.9 Å². The molecule has 1 aliphatic heterocycles. The van der Waals surface area contributed by atoms with Crippen LogP contribution in [0, 0.1) is 0 Å². The molecule has 1 nitrogen and oxygen atoms in total. The Kier molecular flexibility index (Phi) is 1.54. The Hall–Kier alpha value is 0.240. The van der Waals surface area contributed by atoms with Gasteiger partial charge in [-0.15, -0.1) is 12.6 Å². The van der Waals surface area contributed by atoms with E-state index in [0.717, 1.165) is 10.1 Å². The zero-order valence-electron chi connectivity index (χ0n) is 4.09. The molecule has 0 N–H and O–H groups in total. The molecular formula is C4H7NS2. The molecule has 0 aromatic rings. The summed E-state index contributed by atoms with van der Waals surface area (Å²) in [6.45, 7) is 0. The first-order valence-corrected chi connectivity index (χ1v) is 3.46. The Balaban J connectivity index is 2.50. The van der Waals surface area contributed by atoms with E-state index in [0.29, 0.717) is 0 Å². The van der Waals surface area contributed by atoms with Crippen LogP contribution in [0.2, 0.25) is 0 Å². The van der Waals surface area contributed by atoms with Crippen molar-refractivity contribution in [1.82, 2.24) is 4.90 Å². The molecule has 1 heterocycles. The molecular weight excluding hydrogens is 126 g/mol. The minimum atomic E-state index is 1.05. The van der Waals surface area contributed by atoms with Gasteiger partial charge in [0.1, 0.15) is 0 Å². The van der Waals surface area contributed by atoms with Gasteiger partial charge in [0.2, 0.25) is 0 Å². The number of nitrogens with zero attached hydrogens (tertiary/aromatic N) is 1. The molecule has 1 rings (SSSR count). The third kappa shape index (κ3) is 1.31. The van der Waals surface area contributed by atoms with Crippen LogP contribution in [-0.4, -0.2) is 17.8 Å². The number of hydrogen-bond acceptors (Lipinski definition) is 3. The maximum atomic E-state index is 4.13. The molecule has 0 saturated carbocycles. The van der Waals surface area contributed by atoms with Crippen LogP contribution in [-0.2, 0) is 0 Å². The summed E-state index contributed by atoms with van der Waals surface area (Å²) < 4.78 is 1.11. The zero-order chi connectivity index (χ0) is 5.28. The van der Waals surface area contributed by atoms with E-state index < -0.39 is 0 Å². The average Bonchev–Trinajstić information content (AvgIpc) is 1.87. The highest BCUT2D eigenvalue weighted by molar-refractivity contribution is 8.15. The summed E-state index contributed by atoms with van der Waals surface area (Å²) in [5.41, 5.74) is 0. The van der Waals surface area contributed by atoms with Gasteiger partial charge in [0.15, 0.2) is 0 Å². The van der Waals surface area contributed by atoms with Crippen LogP contribution in [0.3, 0.4) is 0 Å². The summed E-state index contributed by atoms with van der Waals surface area (Å²) in [7, 11) is 2.04. The summed E-state index contributed by atoms with van der Waals surface area (Å²) in [6, 6.07) is 0. The molecule has 0 atom stereocenters. The second-order valence-electron chi connectivity index (χ2n) is 1.50. The van der Waals surface area contributed by atoms with Gasteiger partial charge in [-0.2, -0.15) is 0 Å². The van der Waals surface area contributed by atoms with Crippen molar-refractivity contribution in [2.24, 2.45) is 0 Å². The van der Waals surface area contributed by atoms with Crippen LogP contribution >= 0.6 is 24.4 Å². The molecule has 0 aliphatic carbocycles. The van der Waals surface area contributed by atoms with Gasteiger partial charge in [0.05, 0.1) is 10.1 Å². The van der Waals surface area contributed by atoms with E-state index in [9.17, 15) is 0 Å². The predicted molar refractivity (Wildman–Crippen MR) is 37.3 cm³/mol. The maximum absolute atomic E-state index is 4.13. The topological polar surface area (TPSA) is 3.24 Å². The second kappa shape index (κ2) is 2.01. The van der Waals surface area contributed by atoms with Gasteiger partial charge in [-0.25, -0.2) is 0 Å². The molecule has 0 fully saturated rings. The molecule has 1 aliphatic rings. The fourth-order valence-corrected chi connectivity index (χ4v) is 1.47. The van der Waals surface area contributed by atoms with Crippen molar-refractivity contribution < 1.29 is 0 Å². The quantitative estimate of drug-likeness (QED) is 0.497. The fraction of sp³-hybridized carbons (Fsp3) is 0.500. The SMILES string of the molecule is CN1C=C(S)SC1. The molecule has 7 heavy (non-hydrogen) atoms. The number of hydrogen-bond donors (Lipinski definition) is 1. The monoisotopic (exact) mass is 133 g/mol. The van der Waals surface area contributed by atoms with Gasteiger partial charge in [0, 0.05) is 13.2 Å². The van der Waals surface area contributed by atoms with E-state index in [1.165, 1.54) is 0 Å². The van der Waals surface area contributed by atoms with E-state index in [1.54, 1.807) is 11.8 Å². The first kappa shape index (κ1) is 5.38. The highest BCUT2D eigenvalue weighted by atomic mass is 32.2. The first-order chi connectivity index (χ1) is 3.29. The summed E-state index contributed by atoms with van der Waals surface area (Å²) >= 11 is 5.89. The van der Waals surface area contributed by atoms with Gasteiger partial charge in [-0.05, 0) is 0 Å². The zero-order valence-corrected chi connectivity index (χ0v) is 5.80. The van der Waals surface area contributed by atoms with E-state index in [1.807, 2.05) is 13.2 Å². The Morgan fingerprint density at radius 3 is 2.86 bits per heavy atom. The van der Waals surface area contributed by atoms with Gasteiger partial charge in [0.25, 0.3) is 0 Å². The lowest BCUT2D eigenvalue weighted by atomic mass is 10.9. The lowest BCUT2D eigenvalue weighted by Crippen LogP contribution is -2.02. The minimum absolute atomic E-state index is 1.05. The number of rotatable bonds is 0. The maximum Gasteiger partial charge on any atom is 0.0683 e. The summed E-state index contributed by atoms with van der Waals surface area (Å²) in [6.07, 6.45) is 2.02. The van der Waals surface area contributed by atoms with Gasteiger partial charge >= 0.3 is 0 Å². The average molecular weight is 133 g/mol. The number of thiol groups is 1. The van der Waals surface area contributed by atoms with Gasteiger partial charge in [-0.3, -0.25) is 0 Å². The van der Waals surface area contributed by atoms with E-state index in [2.05, 4.69) is 17.5 Å². The third-order valence-corrected chi connectivity index (χ3v) is 2.19. The molecule has 0 radical (unpaired) electrons. The van der Waals surface area contributed by atoms with Gasteiger partial charge in [-0.1, -0.05) is 11.8 Å². The van der Waals surface area contributed by atoms with Crippen LogP contribution in [0.15, 0.2) is 10.4 Å². The van der Waals surface area contributed by atoms with E-state index in [-0.39, 0.29) is 0 Å². The number of thioether (sulfide) groups is 1. The van der Waals surface area contributed by atoms with Crippen LogP contribution in [0.25, 0.3) is 0 Å². The highest BCUT2D eigenvalue weighted by Gasteiger charge is 2.02. The predicted octanol–water partition coefficient (Wildman–Crippen LogP) is 1.35. The molecule has 0 aromatic heterocycles. The lowest BCUT2D eigenvalue weighted by molar-refractivity contribution is 0.551. The lowest BCUT2D eigenvalue weighted by Gasteiger charge is -2.00.